The molecule has 4 heterocycles. The standard InChI is InChI=1S/C24H21FIN7/c1-16-5-4-8-20(29-16)24-23(18-9-10-22-27-15-28-33(22)13-18)30-21(31-24)14-32(26)12-11-17-6-2-3-7-19(17)25/h2-10,13,15H,11-12,14H2,1H3,(H,30,31). The Morgan fingerprint density at radius 2 is 1.94 bits per heavy atom. The zero-order chi connectivity index (χ0) is 22.8. The number of nitrogens with one attached hydrogen (secondary N) is 1. The van der Waals surface area contributed by atoms with Crippen LogP contribution in [0.3, 0.4) is 0 Å². The number of hydrogen-bond acceptors (Lipinski definition) is 5. The minimum atomic E-state index is -0.168. The van der Waals surface area contributed by atoms with Crippen LogP contribution < -0.4 is 0 Å². The molecule has 0 aliphatic heterocycles. The van der Waals surface area contributed by atoms with E-state index in [4.69, 9.17) is 4.98 Å². The fraction of sp³-hybridized carbons (Fsp3) is 0.167. The van der Waals surface area contributed by atoms with Crippen LogP contribution in [0, 0.1) is 12.7 Å². The summed E-state index contributed by atoms with van der Waals surface area (Å²) in [6, 6.07) is 16.7. The van der Waals surface area contributed by atoms with Crippen LogP contribution in [0.1, 0.15) is 17.1 Å². The summed E-state index contributed by atoms with van der Waals surface area (Å²) in [5.41, 5.74) is 5.82. The molecule has 0 unspecified atom stereocenters. The van der Waals surface area contributed by atoms with E-state index >= 15 is 0 Å². The number of aromatic amines is 1. The number of pyridine rings is 2. The molecule has 0 atom stereocenters. The van der Waals surface area contributed by atoms with Gasteiger partial charge in [-0.15, -0.1) is 0 Å². The van der Waals surface area contributed by atoms with E-state index < -0.39 is 0 Å². The molecule has 9 heteroatoms. The lowest BCUT2D eigenvalue weighted by Crippen LogP contribution is -2.15. The number of halogens is 2. The number of imidazole rings is 1. The van der Waals surface area contributed by atoms with E-state index in [9.17, 15) is 4.39 Å². The smallest absolute Gasteiger partial charge is 0.155 e. The van der Waals surface area contributed by atoms with Crippen molar-refractivity contribution in [1.29, 1.82) is 0 Å². The van der Waals surface area contributed by atoms with Crippen molar-refractivity contribution < 1.29 is 4.39 Å². The molecule has 33 heavy (non-hydrogen) atoms. The fourth-order valence-corrected chi connectivity index (χ4v) is 4.28. The Morgan fingerprint density at radius 1 is 1.06 bits per heavy atom. The van der Waals surface area contributed by atoms with E-state index in [2.05, 4.69) is 46.0 Å². The molecule has 1 N–H and O–H groups in total. The molecule has 1 aromatic carbocycles. The van der Waals surface area contributed by atoms with E-state index in [0.29, 0.717) is 25.1 Å². The molecule has 5 rings (SSSR count). The van der Waals surface area contributed by atoms with E-state index in [1.807, 2.05) is 55.6 Å². The largest absolute Gasteiger partial charge is 0.340 e. The van der Waals surface area contributed by atoms with E-state index in [1.165, 1.54) is 12.4 Å². The number of rotatable bonds is 7. The second-order valence-electron chi connectivity index (χ2n) is 7.74. The van der Waals surface area contributed by atoms with Crippen LogP contribution in [0.25, 0.3) is 28.3 Å². The summed E-state index contributed by atoms with van der Waals surface area (Å²) in [5.74, 6) is 0.642. The highest BCUT2D eigenvalue weighted by Crippen LogP contribution is 2.30. The molecule has 0 spiro atoms. The third-order valence-corrected chi connectivity index (χ3v) is 6.17. The Morgan fingerprint density at radius 3 is 2.79 bits per heavy atom. The number of fused-ring (bicyclic) bond motifs is 1. The molecule has 5 aromatic rings. The van der Waals surface area contributed by atoms with Crippen LogP contribution in [0.2, 0.25) is 0 Å². The number of H-pyrrole nitrogens is 1. The lowest BCUT2D eigenvalue weighted by Gasteiger charge is -2.13. The topological polar surface area (TPSA) is 75.0 Å². The second-order valence-corrected chi connectivity index (χ2v) is 9.10. The monoisotopic (exact) mass is 553 g/mol. The fourth-order valence-electron chi connectivity index (χ4n) is 3.72. The van der Waals surface area contributed by atoms with Crippen LogP contribution in [-0.2, 0) is 13.0 Å². The Balaban J connectivity index is 1.44. The summed E-state index contributed by atoms with van der Waals surface area (Å²) >= 11 is 2.26. The van der Waals surface area contributed by atoms with Gasteiger partial charge in [0.1, 0.15) is 23.7 Å². The van der Waals surface area contributed by atoms with E-state index in [-0.39, 0.29) is 5.82 Å². The molecule has 0 radical (unpaired) electrons. The molecule has 7 nitrogen and oxygen atoms in total. The first kappa shape index (κ1) is 21.7. The Labute approximate surface area is 204 Å². The first-order chi connectivity index (χ1) is 16.1. The normalized spacial score (nSPS) is 11.5. The van der Waals surface area contributed by atoms with Gasteiger partial charge in [0.25, 0.3) is 0 Å². The lowest BCUT2D eigenvalue weighted by atomic mass is 10.1. The van der Waals surface area contributed by atoms with Gasteiger partial charge in [0, 0.05) is 46.9 Å². The van der Waals surface area contributed by atoms with Crippen molar-refractivity contribution in [2.24, 2.45) is 0 Å². The molecule has 0 fully saturated rings. The third-order valence-electron chi connectivity index (χ3n) is 5.35. The molecule has 0 saturated heterocycles. The maximum atomic E-state index is 14.0. The lowest BCUT2D eigenvalue weighted by molar-refractivity contribution is 0.489. The molecule has 166 valence electrons. The number of benzene rings is 1. The average Bonchev–Trinajstić information content (AvgIpc) is 3.45. The highest BCUT2D eigenvalue weighted by atomic mass is 127. The van der Waals surface area contributed by atoms with Crippen molar-refractivity contribution in [2.75, 3.05) is 6.54 Å². The summed E-state index contributed by atoms with van der Waals surface area (Å²) in [5, 5.41) is 4.25. The highest BCUT2D eigenvalue weighted by Gasteiger charge is 2.18. The van der Waals surface area contributed by atoms with E-state index in [0.717, 1.165) is 39.8 Å². The van der Waals surface area contributed by atoms with Crippen LogP contribution in [0.15, 0.2) is 67.1 Å². The highest BCUT2D eigenvalue weighted by molar-refractivity contribution is 14.1. The summed E-state index contributed by atoms with van der Waals surface area (Å²) in [6.07, 6.45) is 4.08. The van der Waals surface area contributed by atoms with Gasteiger partial charge < -0.3 is 4.98 Å². The summed E-state index contributed by atoms with van der Waals surface area (Å²) in [4.78, 5) is 17.3. The van der Waals surface area contributed by atoms with Gasteiger partial charge in [0.05, 0.1) is 17.9 Å². The van der Waals surface area contributed by atoms with Gasteiger partial charge in [-0.2, -0.15) is 5.10 Å². The minimum absolute atomic E-state index is 0.168. The van der Waals surface area contributed by atoms with E-state index in [1.54, 1.807) is 10.6 Å². The first-order valence-corrected chi connectivity index (χ1v) is 11.5. The molecule has 0 bridgehead atoms. The molecule has 0 aliphatic carbocycles. The van der Waals surface area contributed by atoms with Crippen LogP contribution in [-0.4, -0.2) is 39.2 Å². The third kappa shape index (κ3) is 4.79. The summed E-state index contributed by atoms with van der Waals surface area (Å²) in [6.45, 7) is 3.24. The number of hydrogen-bond donors (Lipinski definition) is 1. The Kier molecular flexibility index (Phi) is 6.14. The van der Waals surface area contributed by atoms with Gasteiger partial charge in [-0.25, -0.2) is 22.0 Å². The Bertz CT molecular complexity index is 1410. The van der Waals surface area contributed by atoms with Crippen molar-refractivity contribution in [3.63, 3.8) is 0 Å². The van der Waals surface area contributed by atoms with Gasteiger partial charge >= 0.3 is 0 Å². The van der Waals surface area contributed by atoms with Crippen molar-refractivity contribution in [2.45, 2.75) is 19.9 Å². The van der Waals surface area contributed by atoms with Crippen molar-refractivity contribution >= 4 is 28.5 Å². The Hall–Kier alpha value is -3.18. The molecular weight excluding hydrogens is 532 g/mol. The molecule has 0 saturated carbocycles. The predicted octanol–water partition coefficient (Wildman–Crippen LogP) is 5.02. The molecule has 0 aliphatic rings. The van der Waals surface area contributed by atoms with Crippen molar-refractivity contribution in [3.05, 3.63) is 90.0 Å². The maximum Gasteiger partial charge on any atom is 0.155 e. The second kappa shape index (κ2) is 9.36. The molecular formula is C24H21FIN7. The van der Waals surface area contributed by atoms with Gasteiger partial charge in [0.2, 0.25) is 0 Å². The maximum absolute atomic E-state index is 14.0. The van der Waals surface area contributed by atoms with Crippen molar-refractivity contribution in [1.82, 2.24) is 32.7 Å². The zero-order valence-electron chi connectivity index (χ0n) is 17.9. The first-order valence-electron chi connectivity index (χ1n) is 10.5. The number of aromatic nitrogens is 6. The summed E-state index contributed by atoms with van der Waals surface area (Å²) in [7, 11) is 0. The number of nitrogens with zero attached hydrogens (tertiary/aromatic N) is 6. The SMILES string of the molecule is Cc1cccc(-c2nc(CN(I)CCc3ccccc3F)[nH]c2-c2ccc3ncnn3c2)n1. The van der Waals surface area contributed by atoms with Gasteiger partial charge in [-0.3, -0.25) is 4.98 Å². The average molecular weight is 553 g/mol. The molecule has 0 amide bonds. The minimum Gasteiger partial charge on any atom is -0.340 e. The number of aryl methyl sites for hydroxylation is 1. The van der Waals surface area contributed by atoms with Crippen LogP contribution in [0.5, 0.6) is 0 Å². The quantitative estimate of drug-likeness (QED) is 0.226. The van der Waals surface area contributed by atoms with Crippen LogP contribution >= 0.6 is 22.9 Å². The predicted molar refractivity (Wildman–Crippen MR) is 133 cm³/mol. The van der Waals surface area contributed by atoms with Gasteiger partial charge in [-0.05, 0) is 49.2 Å². The van der Waals surface area contributed by atoms with Gasteiger partial charge in [0.15, 0.2) is 5.65 Å². The van der Waals surface area contributed by atoms with Crippen molar-refractivity contribution in [3.8, 4) is 22.6 Å². The zero-order valence-corrected chi connectivity index (χ0v) is 20.1. The van der Waals surface area contributed by atoms with Gasteiger partial charge in [-0.1, -0.05) is 24.3 Å². The molecule has 4 aromatic heterocycles. The summed E-state index contributed by atoms with van der Waals surface area (Å²) < 4.78 is 17.8. The van der Waals surface area contributed by atoms with Crippen LogP contribution in [0.4, 0.5) is 4.39 Å².